The SMILES string of the molecule is C/C=C\C=C/c1cc(Nc2ccccc2Cl)nc(-c2cccnc2)n1. The Bertz CT molecular complexity index is 905. The van der Waals surface area contributed by atoms with E-state index in [1.165, 1.54) is 0 Å². The van der Waals surface area contributed by atoms with Gasteiger partial charge in [0.05, 0.1) is 16.4 Å². The number of allylic oxidation sites excluding steroid dienone is 3. The summed E-state index contributed by atoms with van der Waals surface area (Å²) in [6.45, 7) is 1.97. The molecule has 0 spiro atoms. The van der Waals surface area contributed by atoms with E-state index < -0.39 is 0 Å². The highest BCUT2D eigenvalue weighted by molar-refractivity contribution is 6.33. The first-order chi connectivity index (χ1) is 12.3. The molecule has 1 aromatic carbocycles. The zero-order valence-electron chi connectivity index (χ0n) is 13.7. The fraction of sp³-hybridized carbons (Fsp3) is 0.0500. The Morgan fingerprint density at radius 3 is 2.68 bits per heavy atom. The normalized spacial score (nSPS) is 11.3. The molecule has 0 saturated carbocycles. The van der Waals surface area contributed by atoms with Crippen LogP contribution in [-0.4, -0.2) is 15.0 Å². The van der Waals surface area contributed by atoms with Crippen LogP contribution < -0.4 is 5.32 Å². The molecule has 0 fully saturated rings. The predicted molar refractivity (Wildman–Crippen MR) is 104 cm³/mol. The van der Waals surface area contributed by atoms with Crippen LogP contribution in [0.4, 0.5) is 11.5 Å². The number of nitrogens with one attached hydrogen (secondary N) is 1. The van der Waals surface area contributed by atoms with E-state index in [1.54, 1.807) is 12.4 Å². The molecule has 0 aliphatic rings. The van der Waals surface area contributed by atoms with Gasteiger partial charge in [-0.1, -0.05) is 42.0 Å². The van der Waals surface area contributed by atoms with Gasteiger partial charge in [0.1, 0.15) is 5.82 Å². The molecule has 2 aromatic heterocycles. The minimum Gasteiger partial charge on any atom is -0.339 e. The van der Waals surface area contributed by atoms with Crippen LogP contribution in [0.3, 0.4) is 0 Å². The van der Waals surface area contributed by atoms with Crippen LogP contribution in [0.25, 0.3) is 17.5 Å². The van der Waals surface area contributed by atoms with Crippen LogP contribution >= 0.6 is 11.6 Å². The summed E-state index contributed by atoms with van der Waals surface area (Å²) in [6, 6.07) is 13.2. The molecular formula is C20H17ClN4. The monoisotopic (exact) mass is 348 g/mol. The van der Waals surface area contributed by atoms with Gasteiger partial charge in [0.2, 0.25) is 0 Å². The van der Waals surface area contributed by atoms with Crippen LogP contribution in [0.2, 0.25) is 5.02 Å². The number of hydrogen-bond acceptors (Lipinski definition) is 4. The van der Waals surface area contributed by atoms with Crippen LogP contribution in [-0.2, 0) is 0 Å². The number of halogens is 1. The van der Waals surface area contributed by atoms with Crippen molar-refractivity contribution in [1.82, 2.24) is 15.0 Å². The highest BCUT2D eigenvalue weighted by Crippen LogP contribution is 2.25. The van der Waals surface area contributed by atoms with Gasteiger partial charge in [0.15, 0.2) is 5.82 Å². The van der Waals surface area contributed by atoms with Crippen LogP contribution in [0, 0.1) is 0 Å². The Balaban J connectivity index is 2.01. The van der Waals surface area contributed by atoms with Crippen molar-refractivity contribution in [3.63, 3.8) is 0 Å². The summed E-state index contributed by atoms with van der Waals surface area (Å²) in [7, 11) is 0. The summed E-state index contributed by atoms with van der Waals surface area (Å²) >= 11 is 6.23. The molecule has 0 amide bonds. The van der Waals surface area contributed by atoms with Gasteiger partial charge in [-0.2, -0.15) is 0 Å². The van der Waals surface area contributed by atoms with Crippen molar-refractivity contribution in [2.45, 2.75) is 6.92 Å². The molecule has 3 aromatic rings. The van der Waals surface area contributed by atoms with Crippen molar-refractivity contribution in [3.8, 4) is 11.4 Å². The van der Waals surface area contributed by atoms with Gasteiger partial charge in [-0.15, -0.1) is 0 Å². The lowest BCUT2D eigenvalue weighted by atomic mass is 10.2. The summed E-state index contributed by atoms with van der Waals surface area (Å²) in [5.41, 5.74) is 2.44. The zero-order valence-corrected chi connectivity index (χ0v) is 14.5. The number of pyridine rings is 1. The molecule has 0 radical (unpaired) electrons. The largest absolute Gasteiger partial charge is 0.339 e. The smallest absolute Gasteiger partial charge is 0.163 e. The molecular weight excluding hydrogens is 332 g/mol. The maximum Gasteiger partial charge on any atom is 0.163 e. The standard InChI is InChI=1S/C20H17ClN4/c1-2-3-4-9-16-13-19(24-18-11-6-5-10-17(18)21)25-20(23-16)15-8-7-12-22-14-15/h2-14H,1H3,(H,23,24,25)/b3-2-,9-4-. The summed E-state index contributed by atoms with van der Waals surface area (Å²) in [5, 5.41) is 3.89. The lowest BCUT2D eigenvalue weighted by Gasteiger charge is -2.10. The molecule has 0 saturated heterocycles. The average molecular weight is 349 g/mol. The van der Waals surface area contributed by atoms with Crippen LogP contribution in [0.15, 0.2) is 73.1 Å². The number of aromatic nitrogens is 3. The van der Waals surface area contributed by atoms with Crippen LogP contribution in [0.1, 0.15) is 12.6 Å². The first-order valence-electron chi connectivity index (χ1n) is 7.86. The summed E-state index contributed by atoms with van der Waals surface area (Å²) in [5.74, 6) is 1.27. The third-order valence-corrected chi connectivity index (χ3v) is 3.70. The third kappa shape index (κ3) is 4.52. The van der Waals surface area contributed by atoms with Gasteiger partial charge >= 0.3 is 0 Å². The molecule has 0 aliphatic heterocycles. The second kappa shape index (κ2) is 8.22. The second-order valence-corrected chi connectivity index (χ2v) is 5.64. The second-order valence-electron chi connectivity index (χ2n) is 5.23. The van der Waals surface area contributed by atoms with Gasteiger partial charge in [-0.25, -0.2) is 9.97 Å². The topological polar surface area (TPSA) is 50.7 Å². The highest BCUT2D eigenvalue weighted by Gasteiger charge is 2.07. The molecule has 1 N–H and O–H groups in total. The molecule has 0 aliphatic carbocycles. The lowest BCUT2D eigenvalue weighted by molar-refractivity contribution is 1.15. The molecule has 2 heterocycles. The zero-order chi connectivity index (χ0) is 17.5. The summed E-state index contributed by atoms with van der Waals surface area (Å²) in [6.07, 6.45) is 11.2. The Labute approximate surface area is 152 Å². The minimum absolute atomic E-state index is 0.602. The number of para-hydroxylation sites is 1. The fourth-order valence-electron chi connectivity index (χ4n) is 2.21. The number of nitrogens with zero attached hydrogens (tertiary/aromatic N) is 3. The molecule has 3 rings (SSSR count). The van der Waals surface area contributed by atoms with Gasteiger partial charge in [0, 0.05) is 24.0 Å². The van der Waals surface area contributed by atoms with Crippen molar-refractivity contribution < 1.29 is 0 Å². The number of benzene rings is 1. The number of rotatable bonds is 5. The maximum absolute atomic E-state index is 6.23. The van der Waals surface area contributed by atoms with E-state index in [9.17, 15) is 0 Å². The first-order valence-corrected chi connectivity index (χ1v) is 8.24. The van der Waals surface area contributed by atoms with Crippen molar-refractivity contribution in [2.24, 2.45) is 0 Å². The quantitative estimate of drug-likeness (QED) is 0.616. The summed E-state index contributed by atoms with van der Waals surface area (Å²) < 4.78 is 0. The van der Waals surface area contributed by atoms with E-state index in [-0.39, 0.29) is 0 Å². The van der Waals surface area contributed by atoms with Crippen molar-refractivity contribution >= 4 is 29.2 Å². The number of anilines is 2. The fourth-order valence-corrected chi connectivity index (χ4v) is 2.39. The van der Waals surface area contributed by atoms with E-state index >= 15 is 0 Å². The van der Waals surface area contributed by atoms with E-state index in [2.05, 4.69) is 20.3 Å². The average Bonchev–Trinajstić information content (AvgIpc) is 2.64. The minimum atomic E-state index is 0.602. The van der Waals surface area contributed by atoms with E-state index in [0.717, 1.165) is 16.9 Å². The van der Waals surface area contributed by atoms with Gasteiger partial charge < -0.3 is 5.32 Å². The molecule has 0 bridgehead atoms. The predicted octanol–water partition coefficient (Wildman–Crippen LogP) is 5.52. The van der Waals surface area contributed by atoms with Crippen molar-refractivity contribution in [3.05, 3.63) is 83.8 Å². The summed E-state index contributed by atoms with van der Waals surface area (Å²) in [4.78, 5) is 13.3. The van der Waals surface area contributed by atoms with E-state index in [0.29, 0.717) is 16.7 Å². The van der Waals surface area contributed by atoms with Gasteiger partial charge in [-0.05, 0) is 37.3 Å². The molecule has 0 unspecified atom stereocenters. The van der Waals surface area contributed by atoms with Gasteiger partial charge in [0.25, 0.3) is 0 Å². The Kier molecular flexibility index (Phi) is 5.54. The Hall–Kier alpha value is -2.98. The van der Waals surface area contributed by atoms with E-state index in [4.69, 9.17) is 11.6 Å². The lowest BCUT2D eigenvalue weighted by Crippen LogP contribution is -1.99. The molecule has 124 valence electrons. The Morgan fingerprint density at radius 2 is 1.92 bits per heavy atom. The van der Waals surface area contributed by atoms with Gasteiger partial charge in [-0.3, -0.25) is 4.98 Å². The molecule has 4 nitrogen and oxygen atoms in total. The number of hydrogen-bond donors (Lipinski definition) is 1. The molecule has 5 heteroatoms. The van der Waals surface area contributed by atoms with Crippen LogP contribution in [0.5, 0.6) is 0 Å². The molecule has 25 heavy (non-hydrogen) atoms. The third-order valence-electron chi connectivity index (χ3n) is 3.37. The first kappa shape index (κ1) is 16.9. The highest BCUT2D eigenvalue weighted by atomic mass is 35.5. The Morgan fingerprint density at radius 1 is 1.04 bits per heavy atom. The van der Waals surface area contributed by atoms with Crippen molar-refractivity contribution in [2.75, 3.05) is 5.32 Å². The molecule has 0 atom stereocenters. The maximum atomic E-state index is 6.23. The van der Waals surface area contributed by atoms with Crippen molar-refractivity contribution in [1.29, 1.82) is 0 Å². The van der Waals surface area contributed by atoms with E-state index in [1.807, 2.05) is 73.7 Å².